The molecular formula is C41H34FN5O2. The average molecular weight is 648 g/mol. The van der Waals surface area contributed by atoms with Gasteiger partial charge in [-0.25, -0.2) is 9.07 Å². The van der Waals surface area contributed by atoms with Crippen molar-refractivity contribution in [2.75, 3.05) is 0 Å². The lowest BCUT2D eigenvalue weighted by Crippen LogP contribution is -2.38. The number of pyridine rings is 1. The van der Waals surface area contributed by atoms with Crippen molar-refractivity contribution >= 4 is 16.6 Å². The SMILES string of the molecule is Cc1cc(-c2nn(C(c3ccccc3)(c3ccccc3)c3ccccc3)c3cc([N+](=O)[O-])c(CNC(C)c4ccc(F)cc4)cc23)ccn1. The molecule has 242 valence electrons. The third-order valence-electron chi connectivity index (χ3n) is 9.11. The molecule has 7 aromatic rings. The van der Waals surface area contributed by atoms with Crippen LogP contribution in [0, 0.1) is 22.9 Å². The Morgan fingerprint density at radius 3 is 1.92 bits per heavy atom. The van der Waals surface area contributed by atoms with Crippen LogP contribution in [0.15, 0.2) is 146 Å². The molecule has 0 aliphatic heterocycles. The summed E-state index contributed by atoms with van der Waals surface area (Å²) in [6.07, 6.45) is 1.76. The van der Waals surface area contributed by atoms with Gasteiger partial charge in [0.2, 0.25) is 0 Å². The second-order valence-corrected chi connectivity index (χ2v) is 12.2. The van der Waals surface area contributed by atoms with Gasteiger partial charge in [0.1, 0.15) is 17.1 Å². The van der Waals surface area contributed by atoms with Crippen molar-refractivity contribution < 1.29 is 9.31 Å². The maximum atomic E-state index is 13.6. The van der Waals surface area contributed by atoms with Crippen LogP contribution in [-0.2, 0) is 12.1 Å². The smallest absolute Gasteiger partial charge is 0.276 e. The van der Waals surface area contributed by atoms with Gasteiger partial charge in [0, 0.05) is 47.1 Å². The van der Waals surface area contributed by atoms with E-state index < -0.39 is 5.54 Å². The molecule has 0 spiro atoms. The molecule has 7 nitrogen and oxygen atoms in total. The number of benzene rings is 5. The van der Waals surface area contributed by atoms with Crippen LogP contribution in [0.1, 0.15) is 46.5 Å². The maximum absolute atomic E-state index is 13.6. The summed E-state index contributed by atoms with van der Waals surface area (Å²) in [6, 6.07) is 44.0. The number of nitrogens with zero attached hydrogens (tertiary/aromatic N) is 4. The molecule has 8 heteroatoms. The molecule has 0 aliphatic rings. The Labute approximate surface area is 283 Å². The molecule has 0 saturated heterocycles. The molecule has 0 saturated carbocycles. The highest BCUT2D eigenvalue weighted by atomic mass is 19.1. The van der Waals surface area contributed by atoms with Crippen LogP contribution in [0.4, 0.5) is 10.1 Å². The number of hydrogen-bond donors (Lipinski definition) is 1. The minimum Gasteiger partial charge on any atom is -0.306 e. The van der Waals surface area contributed by atoms with Gasteiger partial charge < -0.3 is 5.32 Å². The van der Waals surface area contributed by atoms with E-state index in [0.717, 1.165) is 38.9 Å². The number of aromatic nitrogens is 3. The third-order valence-corrected chi connectivity index (χ3v) is 9.11. The fraction of sp³-hybridized carbons (Fsp3) is 0.122. The second-order valence-electron chi connectivity index (χ2n) is 12.2. The Hall–Kier alpha value is -5.99. The van der Waals surface area contributed by atoms with Gasteiger partial charge in [0.25, 0.3) is 5.69 Å². The Morgan fingerprint density at radius 1 is 0.816 bits per heavy atom. The van der Waals surface area contributed by atoms with E-state index >= 15 is 0 Å². The molecule has 0 fully saturated rings. The van der Waals surface area contributed by atoms with E-state index in [2.05, 4.69) is 46.7 Å². The molecule has 1 unspecified atom stereocenters. The summed E-state index contributed by atoms with van der Waals surface area (Å²) in [4.78, 5) is 16.9. The molecule has 1 atom stereocenters. The quantitative estimate of drug-likeness (QED) is 0.0909. The second kappa shape index (κ2) is 13.3. The Kier molecular flexibility index (Phi) is 8.55. The molecular weight excluding hydrogens is 613 g/mol. The highest BCUT2D eigenvalue weighted by molar-refractivity contribution is 5.96. The average Bonchev–Trinajstić information content (AvgIpc) is 3.51. The van der Waals surface area contributed by atoms with Gasteiger partial charge in [-0.3, -0.25) is 15.1 Å². The monoisotopic (exact) mass is 647 g/mol. The molecule has 0 radical (unpaired) electrons. The van der Waals surface area contributed by atoms with Crippen molar-refractivity contribution in [3.63, 3.8) is 0 Å². The first-order valence-corrected chi connectivity index (χ1v) is 16.1. The highest BCUT2D eigenvalue weighted by Gasteiger charge is 2.41. The van der Waals surface area contributed by atoms with Crippen molar-refractivity contribution in [2.45, 2.75) is 32.0 Å². The minimum absolute atomic E-state index is 0.0204. The van der Waals surface area contributed by atoms with Gasteiger partial charge in [0.15, 0.2) is 0 Å². The van der Waals surface area contributed by atoms with Crippen LogP contribution in [0.2, 0.25) is 0 Å². The zero-order valence-corrected chi connectivity index (χ0v) is 27.1. The number of fused-ring (bicyclic) bond motifs is 1. The van der Waals surface area contributed by atoms with Crippen molar-refractivity contribution in [2.24, 2.45) is 0 Å². The largest absolute Gasteiger partial charge is 0.306 e. The summed E-state index contributed by atoms with van der Waals surface area (Å²) in [5, 5.41) is 22.4. The topological polar surface area (TPSA) is 85.9 Å². The normalized spacial score (nSPS) is 12.2. The maximum Gasteiger partial charge on any atom is 0.276 e. The van der Waals surface area contributed by atoms with Crippen LogP contribution < -0.4 is 5.32 Å². The number of halogens is 1. The zero-order valence-electron chi connectivity index (χ0n) is 27.1. The summed E-state index contributed by atoms with van der Waals surface area (Å²) in [7, 11) is 0. The van der Waals surface area contributed by atoms with E-state index in [9.17, 15) is 14.5 Å². The van der Waals surface area contributed by atoms with Gasteiger partial charge in [-0.15, -0.1) is 0 Å². The van der Waals surface area contributed by atoms with E-state index in [1.165, 1.54) is 12.1 Å². The third kappa shape index (κ3) is 5.87. The number of hydrogen-bond acceptors (Lipinski definition) is 5. The summed E-state index contributed by atoms with van der Waals surface area (Å²) in [6.45, 7) is 4.10. The van der Waals surface area contributed by atoms with E-state index in [4.69, 9.17) is 5.10 Å². The van der Waals surface area contributed by atoms with Crippen LogP contribution in [-0.4, -0.2) is 19.7 Å². The summed E-state index contributed by atoms with van der Waals surface area (Å²) >= 11 is 0. The predicted molar refractivity (Wildman–Crippen MR) is 191 cm³/mol. The first-order chi connectivity index (χ1) is 23.9. The molecule has 49 heavy (non-hydrogen) atoms. The van der Waals surface area contributed by atoms with Gasteiger partial charge >= 0.3 is 0 Å². The molecule has 2 heterocycles. The van der Waals surface area contributed by atoms with Crippen LogP contribution in [0.25, 0.3) is 22.2 Å². The lowest BCUT2D eigenvalue weighted by molar-refractivity contribution is -0.385. The number of nitro benzene ring substituents is 1. The van der Waals surface area contributed by atoms with Crippen molar-refractivity contribution in [1.82, 2.24) is 20.1 Å². The molecule has 5 aromatic carbocycles. The zero-order chi connectivity index (χ0) is 34.0. The molecule has 0 aliphatic carbocycles. The van der Waals surface area contributed by atoms with Crippen LogP contribution >= 0.6 is 0 Å². The van der Waals surface area contributed by atoms with Crippen LogP contribution in [0.3, 0.4) is 0 Å². The fourth-order valence-electron chi connectivity index (χ4n) is 6.71. The van der Waals surface area contributed by atoms with Gasteiger partial charge in [0.05, 0.1) is 10.4 Å². The van der Waals surface area contributed by atoms with Gasteiger partial charge in [-0.05, 0) is 66.4 Å². The van der Waals surface area contributed by atoms with E-state index in [-0.39, 0.29) is 29.0 Å². The lowest BCUT2D eigenvalue weighted by atomic mass is 9.77. The van der Waals surface area contributed by atoms with E-state index in [1.54, 1.807) is 24.4 Å². The van der Waals surface area contributed by atoms with Crippen LogP contribution in [0.5, 0.6) is 0 Å². The Morgan fingerprint density at radius 2 is 1.39 bits per heavy atom. The number of rotatable bonds is 10. The molecule has 0 bridgehead atoms. The first-order valence-electron chi connectivity index (χ1n) is 16.1. The molecule has 1 N–H and O–H groups in total. The first kappa shape index (κ1) is 31.6. The number of nitrogens with one attached hydrogen (secondary N) is 1. The highest BCUT2D eigenvalue weighted by Crippen LogP contribution is 2.45. The standard InChI is InChI=1S/C41H34FN5O2/c1-28-24-31(22-23-43-28)40-37-25-32(27-44-29(2)30-18-20-36(42)21-19-30)38(47(48)49)26-39(37)46(45-40)41(33-12-6-3-7-13-33,34-14-8-4-9-15-34)35-16-10-5-11-17-35/h3-26,29,44H,27H2,1-2H3. The Balaban J connectivity index is 1.52. The molecule has 0 amide bonds. The summed E-state index contributed by atoms with van der Waals surface area (Å²) in [5.41, 5.74) is 6.23. The molecule has 7 rings (SSSR count). The van der Waals surface area contributed by atoms with Gasteiger partial charge in [-0.2, -0.15) is 5.10 Å². The minimum atomic E-state index is -0.993. The van der Waals surface area contributed by atoms with Crippen molar-refractivity contribution in [1.29, 1.82) is 0 Å². The number of aryl methyl sites for hydroxylation is 1. The van der Waals surface area contributed by atoms with E-state index in [1.807, 2.05) is 91.3 Å². The summed E-state index contributed by atoms with van der Waals surface area (Å²) in [5.74, 6) is -0.314. The van der Waals surface area contributed by atoms with Crippen molar-refractivity contribution in [3.8, 4) is 11.3 Å². The fourth-order valence-corrected chi connectivity index (χ4v) is 6.71. The molecule has 2 aromatic heterocycles. The van der Waals surface area contributed by atoms with Gasteiger partial charge in [-0.1, -0.05) is 103 Å². The predicted octanol–water partition coefficient (Wildman–Crippen LogP) is 9.15. The van der Waals surface area contributed by atoms with E-state index in [0.29, 0.717) is 16.8 Å². The Bertz CT molecular complexity index is 2140. The number of nitro groups is 1. The summed E-state index contributed by atoms with van der Waals surface area (Å²) < 4.78 is 15.6. The lowest BCUT2D eigenvalue weighted by Gasteiger charge is -2.37. The van der Waals surface area contributed by atoms with Crippen molar-refractivity contribution in [3.05, 3.63) is 195 Å².